The van der Waals surface area contributed by atoms with E-state index in [0.29, 0.717) is 12.5 Å². The number of nitrogens with zero attached hydrogens (tertiary/aromatic N) is 1. The molecule has 0 saturated carbocycles. The molecule has 0 aromatic rings. The highest BCUT2D eigenvalue weighted by atomic mass is 16.5. The molecule has 0 spiro atoms. The second-order valence-corrected chi connectivity index (χ2v) is 3.88. The van der Waals surface area contributed by atoms with Crippen molar-refractivity contribution < 1.29 is 9.84 Å². The quantitative estimate of drug-likeness (QED) is 0.688. The molecule has 1 atom stereocenters. The molecule has 1 aliphatic heterocycles. The summed E-state index contributed by atoms with van der Waals surface area (Å²) in [6.07, 6.45) is 2.07. The van der Waals surface area contributed by atoms with Gasteiger partial charge in [0.05, 0.1) is 13.2 Å². The molecule has 1 aliphatic rings. The normalized spacial score (nSPS) is 21.7. The van der Waals surface area contributed by atoms with Gasteiger partial charge in [-0.2, -0.15) is 0 Å². The minimum absolute atomic E-state index is 0.327. The average Bonchev–Trinajstić information content (AvgIpc) is 2.16. The summed E-state index contributed by atoms with van der Waals surface area (Å²) in [6.45, 7) is 7.65. The molecule has 0 aromatic heterocycles. The zero-order valence-electron chi connectivity index (χ0n) is 8.54. The fourth-order valence-electron chi connectivity index (χ4n) is 1.76. The fourth-order valence-corrected chi connectivity index (χ4v) is 1.76. The lowest BCUT2D eigenvalue weighted by molar-refractivity contribution is 0.0308. The first kappa shape index (κ1) is 11.0. The Bertz CT molecular complexity index is 124. The molecule has 13 heavy (non-hydrogen) atoms. The van der Waals surface area contributed by atoms with Gasteiger partial charge in [-0.25, -0.2) is 0 Å². The fraction of sp³-hybridized carbons (Fsp3) is 1.00. The molecule has 3 nitrogen and oxygen atoms in total. The number of rotatable bonds is 5. The van der Waals surface area contributed by atoms with Gasteiger partial charge in [0.2, 0.25) is 0 Å². The zero-order chi connectivity index (χ0) is 9.52. The van der Waals surface area contributed by atoms with Crippen LogP contribution in [0, 0.1) is 5.92 Å². The molecule has 0 bridgehead atoms. The van der Waals surface area contributed by atoms with Crippen LogP contribution >= 0.6 is 0 Å². The van der Waals surface area contributed by atoms with Crippen molar-refractivity contribution in [2.24, 2.45) is 5.92 Å². The minimum Gasteiger partial charge on any atom is -0.396 e. The Balaban J connectivity index is 2.07. The first-order chi connectivity index (χ1) is 6.33. The van der Waals surface area contributed by atoms with Crippen LogP contribution in [0.4, 0.5) is 0 Å². The summed E-state index contributed by atoms with van der Waals surface area (Å²) in [6, 6.07) is 0. The van der Waals surface area contributed by atoms with Crippen LogP contribution in [-0.2, 0) is 4.74 Å². The predicted molar refractivity (Wildman–Crippen MR) is 52.7 cm³/mol. The topological polar surface area (TPSA) is 32.7 Å². The molecule has 0 amide bonds. The maximum atomic E-state index is 8.69. The summed E-state index contributed by atoms with van der Waals surface area (Å²) in [5, 5.41) is 8.69. The molecule has 0 radical (unpaired) electrons. The van der Waals surface area contributed by atoms with Gasteiger partial charge in [-0.15, -0.1) is 0 Å². The van der Waals surface area contributed by atoms with E-state index < -0.39 is 0 Å². The lowest BCUT2D eigenvalue weighted by Crippen LogP contribution is -2.38. The summed E-state index contributed by atoms with van der Waals surface area (Å²) in [5.41, 5.74) is 0. The van der Waals surface area contributed by atoms with Crippen molar-refractivity contribution in [2.75, 3.05) is 39.5 Å². The lowest BCUT2D eigenvalue weighted by atomic mass is 10.1. The number of hydrogen-bond donors (Lipinski definition) is 1. The van der Waals surface area contributed by atoms with Gasteiger partial charge in [0, 0.05) is 26.2 Å². The standard InChI is InChI=1S/C10H21NO2/c1-10(3-2-6-12)9-11-4-7-13-8-5-11/h10,12H,2-9H2,1H3. The van der Waals surface area contributed by atoms with Crippen LogP contribution in [0.2, 0.25) is 0 Å². The van der Waals surface area contributed by atoms with Crippen molar-refractivity contribution in [1.29, 1.82) is 0 Å². The van der Waals surface area contributed by atoms with Crippen LogP contribution in [0.25, 0.3) is 0 Å². The molecule has 1 rings (SSSR count). The summed E-state index contributed by atoms with van der Waals surface area (Å²) in [5.74, 6) is 0.699. The molecular formula is C10H21NO2. The average molecular weight is 187 g/mol. The minimum atomic E-state index is 0.327. The molecule has 1 fully saturated rings. The molecule has 0 aliphatic carbocycles. The first-order valence-corrected chi connectivity index (χ1v) is 5.24. The smallest absolute Gasteiger partial charge is 0.0594 e. The Morgan fingerprint density at radius 2 is 2.08 bits per heavy atom. The van der Waals surface area contributed by atoms with E-state index in [1.807, 2.05) is 0 Å². The number of aliphatic hydroxyl groups excluding tert-OH is 1. The van der Waals surface area contributed by atoms with E-state index >= 15 is 0 Å². The summed E-state index contributed by atoms with van der Waals surface area (Å²) in [7, 11) is 0. The van der Waals surface area contributed by atoms with Gasteiger partial charge in [0.1, 0.15) is 0 Å². The van der Waals surface area contributed by atoms with Gasteiger partial charge >= 0.3 is 0 Å². The van der Waals surface area contributed by atoms with Gasteiger partial charge < -0.3 is 9.84 Å². The Kier molecular flexibility index (Phi) is 5.35. The summed E-state index contributed by atoms with van der Waals surface area (Å²) >= 11 is 0. The summed E-state index contributed by atoms with van der Waals surface area (Å²) < 4.78 is 5.28. The maximum absolute atomic E-state index is 8.69. The van der Waals surface area contributed by atoms with Gasteiger partial charge in [-0.3, -0.25) is 4.90 Å². The van der Waals surface area contributed by atoms with Crippen molar-refractivity contribution in [3.63, 3.8) is 0 Å². The second kappa shape index (κ2) is 6.35. The van der Waals surface area contributed by atoms with Crippen LogP contribution in [-0.4, -0.2) is 49.5 Å². The molecule has 0 aromatic carbocycles. The monoisotopic (exact) mass is 187 g/mol. The van der Waals surface area contributed by atoms with E-state index in [1.54, 1.807) is 0 Å². The van der Waals surface area contributed by atoms with Crippen molar-refractivity contribution in [3.8, 4) is 0 Å². The third-order valence-corrected chi connectivity index (χ3v) is 2.53. The molecule has 1 heterocycles. The number of morpholine rings is 1. The zero-order valence-corrected chi connectivity index (χ0v) is 8.54. The van der Waals surface area contributed by atoms with E-state index in [9.17, 15) is 0 Å². The lowest BCUT2D eigenvalue weighted by Gasteiger charge is -2.29. The maximum Gasteiger partial charge on any atom is 0.0594 e. The number of hydrogen-bond acceptors (Lipinski definition) is 3. The Labute approximate surface area is 80.7 Å². The SMILES string of the molecule is CC(CCCO)CN1CCOCC1. The molecule has 78 valence electrons. The van der Waals surface area contributed by atoms with Gasteiger partial charge in [-0.05, 0) is 18.8 Å². The number of aliphatic hydroxyl groups is 1. The van der Waals surface area contributed by atoms with Gasteiger partial charge in [-0.1, -0.05) is 6.92 Å². The van der Waals surface area contributed by atoms with Crippen LogP contribution in [0.3, 0.4) is 0 Å². The Hall–Kier alpha value is -0.120. The molecule has 1 saturated heterocycles. The first-order valence-electron chi connectivity index (χ1n) is 5.24. The van der Waals surface area contributed by atoms with E-state index in [4.69, 9.17) is 9.84 Å². The second-order valence-electron chi connectivity index (χ2n) is 3.88. The molecule has 1 N–H and O–H groups in total. The summed E-state index contributed by atoms with van der Waals surface area (Å²) in [4.78, 5) is 2.45. The van der Waals surface area contributed by atoms with E-state index in [2.05, 4.69) is 11.8 Å². The highest BCUT2D eigenvalue weighted by Crippen LogP contribution is 2.08. The van der Waals surface area contributed by atoms with Gasteiger partial charge in [0.25, 0.3) is 0 Å². The third-order valence-electron chi connectivity index (χ3n) is 2.53. The molecular weight excluding hydrogens is 166 g/mol. The van der Waals surface area contributed by atoms with Crippen LogP contribution in [0.5, 0.6) is 0 Å². The van der Waals surface area contributed by atoms with Gasteiger partial charge in [0.15, 0.2) is 0 Å². The molecule has 1 unspecified atom stereocenters. The van der Waals surface area contributed by atoms with Crippen LogP contribution in [0.1, 0.15) is 19.8 Å². The predicted octanol–water partition coefficient (Wildman–Crippen LogP) is 0.727. The van der Waals surface area contributed by atoms with Crippen LogP contribution < -0.4 is 0 Å². The third kappa shape index (κ3) is 4.60. The van der Waals surface area contributed by atoms with E-state index in [0.717, 1.165) is 45.7 Å². The van der Waals surface area contributed by atoms with Crippen molar-refractivity contribution in [1.82, 2.24) is 4.90 Å². The highest BCUT2D eigenvalue weighted by Gasteiger charge is 2.12. The largest absolute Gasteiger partial charge is 0.396 e. The van der Waals surface area contributed by atoms with Crippen LogP contribution in [0.15, 0.2) is 0 Å². The van der Waals surface area contributed by atoms with E-state index in [1.165, 1.54) is 0 Å². The van der Waals surface area contributed by atoms with Crippen molar-refractivity contribution >= 4 is 0 Å². The Morgan fingerprint density at radius 1 is 1.38 bits per heavy atom. The van der Waals surface area contributed by atoms with Crippen molar-refractivity contribution in [3.05, 3.63) is 0 Å². The van der Waals surface area contributed by atoms with E-state index in [-0.39, 0.29) is 0 Å². The van der Waals surface area contributed by atoms with Crippen molar-refractivity contribution in [2.45, 2.75) is 19.8 Å². The molecule has 3 heteroatoms. The number of ether oxygens (including phenoxy) is 1. The Morgan fingerprint density at radius 3 is 2.69 bits per heavy atom. The highest BCUT2D eigenvalue weighted by molar-refractivity contribution is 4.65.